The van der Waals surface area contributed by atoms with Crippen molar-refractivity contribution in [2.45, 2.75) is 6.18 Å². The van der Waals surface area contributed by atoms with E-state index in [1.54, 1.807) is 0 Å². The van der Waals surface area contributed by atoms with Gasteiger partial charge in [-0.2, -0.15) is 18.3 Å². The van der Waals surface area contributed by atoms with Gasteiger partial charge in [-0.3, -0.25) is 9.59 Å². The molecule has 1 heterocycles. The molecule has 0 saturated heterocycles. The lowest BCUT2D eigenvalue weighted by molar-refractivity contribution is -0.137. The number of carbonyl (C=O) groups excluding carboxylic acids is 1. The number of hydrogen-bond donors (Lipinski definition) is 1. The summed E-state index contributed by atoms with van der Waals surface area (Å²) in [6.07, 6.45) is -1.71. The lowest BCUT2D eigenvalue weighted by Crippen LogP contribution is -2.29. The molecule has 23 heavy (non-hydrogen) atoms. The van der Waals surface area contributed by atoms with Crippen LogP contribution in [0.5, 0.6) is 0 Å². The van der Waals surface area contributed by atoms with Gasteiger partial charge in [-0.25, -0.2) is 5.43 Å². The normalized spacial score (nSPS) is 11.7. The molecule has 1 aromatic heterocycles. The van der Waals surface area contributed by atoms with Crippen LogP contribution in [-0.2, 0) is 13.2 Å². The van der Waals surface area contributed by atoms with Gasteiger partial charge in [0, 0.05) is 13.2 Å². The number of aromatic nitrogens is 1. The van der Waals surface area contributed by atoms with Gasteiger partial charge in [0.15, 0.2) is 0 Å². The minimum Gasteiger partial charge on any atom is -0.318 e. The van der Waals surface area contributed by atoms with Crippen molar-refractivity contribution in [2.24, 2.45) is 12.1 Å². The van der Waals surface area contributed by atoms with Crippen molar-refractivity contribution < 1.29 is 18.0 Å². The SMILES string of the molecule is Cn1cccc(C(=O)N/N=C\c2ccc(C(F)(F)F)cc2)c1=O. The lowest BCUT2D eigenvalue weighted by atomic mass is 10.1. The Morgan fingerprint density at radius 2 is 1.87 bits per heavy atom. The summed E-state index contributed by atoms with van der Waals surface area (Å²) in [5.74, 6) is -0.700. The number of nitrogens with one attached hydrogen (secondary N) is 1. The first-order valence-electron chi connectivity index (χ1n) is 6.45. The second kappa shape index (κ2) is 6.47. The fraction of sp³-hybridized carbons (Fsp3) is 0.133. The molecule has 0 aliphatic carbocycles. The lowest BCUT2D eigenvalue weighted by Gasteiger charge is -2.05. The van der Waals surface area contributed by atoms with Crippen molar-refractivity contribution in [3.05, 3.63) is 69.6 Å². The van der Waals surface area contributed by atoms with Gasteiger partial charge in [0.2, 0.25) is 0 Å². The van der Waals surface area contributed by atoms with Crippen molar-refractivity contribution in [2.75, 3.05) is 0 Å². The summed E-state index contributed by atoms with van der Waals surface area (Å²) < 4.78 is 38.5. The minimum atomic E-state index is -4.41. The van der Waals surface area contributed by atoms with Gasteiger partial charge < -0.3 is 4.57 Å². The van der Waals surface area contributed by atoms with Crippen LogP contribution in [0.2, 0.25) is 0 Å². The number of alkyl halides is 3. The average Bonchev–Trinajstić information content (AvgIpc) is 2.49. The van der Waals surface area contributed by atoms with Crippen LogP contribution in [-0.4, -0.2) is 16.7 Å². The maximum Gasteiger partial charge on any atom is 0.416 e. The largest absolute Gasteiger partial charge is 0.416 e. The third-order valence-electron chi connectivity index (χ3n) is 2.99. The van der Waals surface area contributed by atoms with Crippen LogP contribution in [0.3, 0.4) is 0 Å². The average molecular weight is 323 g/mol. The first kappa shape index (κ1) is 16.5. The van der Waals surface area contributed by atoms with Gasteiger partial charge in [-0.05, 0) is 29.8 Å². The van der Waals surface area contributed by atoms with E-state index in [0.29, 0.717) is 5.56 Å². The predicted octanol–water partition coefficient (Wildman–Crippen LogP) is 2.17. The molecule has 2 rings (SSSR count). The minimum absolute atomic E-state index is 0.0837. The molecule has 0 aliphatic heterocycles. The molecule has 0 atom stereocenters. The number of rotatable bonds is 3. The monoisotopic (exact) mass is 323 g/mol. The van der Waals surface area contributed by atoms with Crippen molar-refractivity contribution >= 4 is 12.1 Å². The Hall–Kier alpha value is -2.90. The molecule has 0 fully saturated rings. The molecule has 1 N–H and O–H groups in total. The maximum absolute atomic E-state index is 12.4. The Morgan fingerprint density at radius 3 is 2.48 bits per heavy atom. The molecule has 0 unspecified atom stereocenters. The van der Waals surface area contributed by atoms with E-state index in [2.05, 4.69) is 10.5 Å². The zero-order valence-corrected chi connectivity index (χ0v) is 12.0. The topological polar surface area (TPSA) is 63.5 Å². The summed E-state index contributed by atoms with van der Waals surface area (Å²) in [5.41, 5.74) is 1.20. The van der Waals surface area contributed by atoms with Gasteiger partial charge in [0.25, 0.3) is 11.5 Å². The third kappa shape index (κ3) is 4.06. The van der Waals surface area contributed by atoms with Crippen LogP contribution >= 0.6 is 0 Å². The highest BCUT2D eigenvalue weighted by Crippen LogP contribution is 2.28. The molecule has 120 valence electrons. The molecule has 0 spiro atoms. The molecular weight excluding hydrogens is 311 g/mol. The van der Waals surface area contributed by atoms with Gasteiger partial charge in [0.1, 0.15) is 5.56 Å². The van der Waals surface area contributed by atoms with E-state index in [9.17, 15) is 22.8 Å². The molecule has 0 saturated carbocycles. The van der Waals surface area contributed by atoms with Gasteiger partial charge in [0.05, 0.1) is 11.8 Å². The smallest absolute Gasteiger partial charge is 0.318 e. The van der Waals surface area contributed by atoms with E-state index in [1.165, 1.54) is 48.3 Å². The van der Waals surface area contributed by atoms with E-state index < -0.39 is 23.2 Å². The number of hydrazone groups is 1. The molecule has 1 amide bonds. The van der Waals surface area contributed by atoms with Crippen LogP contribution in [0.25, 0.3) is 0 Å². The van der Waals surface area contributed by atoms with Crippen molar-refractivity contribution in [3.63, 3.8) is 0 Å². The van der Waals surface area contributed by atoms with Crippen LogP contribution < -0.4 is 11.0 Å². The van der Waals surface area contributed by atoms with Crippen molar-refractivity contribution in [3.8, 4) is 0 Å². The Morgan fingerprint density at radius 1 is 1.22 bits per heavy atom. The molecule has 0 aliphatic rings. The number of halogens is 3. The van der Waals surface area contributed by atoms with Gasteiger partial charge in [-0.1, -0.05) is 12.1 Å². The number of hydrogen-bond acceptors (Lipinski definition) is 3. The summed E-state index contributed by atoms with van der Waals surface area (Å²) in [7, 11) is 1.50. The molecule has 1 aromatic carbocycles. The number of pyridine rings is 1. The van der Waals surface area contributed by atoms with E-state index in [4.69, 9.17) is 0 Å². The van der Waals surface area contributed by atoms with E-state index >= 15 is 0 Å². The van der Waals surface area contributed by atoms with Crippen LogP contribution in [0.1, 0.15) is 21.5 Å². The summed E-state index contributed by atoms with van der Waals surface area (Å²) >= 11 is 0. The van der Waals surface area contributed by atoms with E-state index in [0.717, 1.165) is 12.1 Å². The second-order valence-corrected chi connectivity index (χ2v) is 4.66. The van der Waals surface area contributed by atoms with E-state index in [1.807, 2.05) is 0 Å². The van der Waals surface area contributed by atoms with Gasteiger partial charge >= 0.3 is 6.18 Å². The highest BCUT2D eigenvalue weighted by molar-refractivity contribution is 5.94. The highest BCUT2D eigenvalue weighted by Gasteiger charge is 2.29. The molecular formula is C15H12F3N3O2. The Labute approximate surface area is 129 Å². The third-order valence-corrected chi connectivity index (χ3v) is 2.99. The number of nitrogens with zero attached hydrogens (tertiary/aromatic N) is 2. The number of carbonyl (C=O) groups is 1. The van der Waals surface area contributed by atoms with Crippen LogP contribution in [0.4, 0.5) is 13.2 Å². The first-order valence-corrected chi connectivity index (χ1v) is 6.45. The fourth-order valence-corrected chi connectivity index (χ4v) is 1.75. The second-order valence-electron chi connectivity index (χ2n) is 4.66. The summed E-state index contributed by atoms with van der Waals surface area (Å²) in [5, 5.41) is 3.63. The predicted molar refractivity (Wildman–Crippen MR) is 78.2 cm³/mol. The Bertz CT molecular complexity index is 793. The van der Waals surface area contributed by atoms with Crippen molar-refractivity contribution in [1.29, 1.82) is 0 Å². The first-order chi connectivity index (χ1) is 10.8. The number of aryl methyl sites for hydroxylation is 1. The van der Waals surface area contributed by atoms with Crippen molar-refractivity contribution in [1.82, 2.24) is 9.99 Å². The molecule has 8 heteroatoms. The van der Waals surface area contributed by atoms with Gasteiger partial charge in [-0.15, -0.1) is 0 Å². The zero-order chi connectivity index (χ0) is 17.0. The summed E-state index contributed by atoms with van der Waals surface area (Å²) in [4.78, 5) is 23.5. The summed E-state index contributed by atoms with van der Waals surface area (Å²) in [6, 6.07) is 7.16. The van der Waals surface area contributed by atoms with E-state index in [-0.39, 0.29) is 5.56 Å². The molecule has 5 nitrogen and oxygen atoms in total. The quantitative estimate of drug-likeness (QED) is 0.695. The molecule has 0 bridgehead atoms. The van der Waals surface area contributed by atoms with Crippen LogP contribution in [0, 0.1) is 0 Å². The van der Waals surface area contributed by atoms with Crippen LogP contribution in [0.15, 0.2) is 52.5 Å². The number of benzene rings is 1. The maximum atomic E-state index is 12.4. The summed E-state index contributed by atoms with van der Waals surface area (Å²) in [6.45, 7) is 0. The fourth-order valence-electron chi connectivity index (χ4n) is 1.75. The zero-order valence-electron chi connectivity index (χ0n) is 12.0. The Kier molecular flexibility index (Phi) is 4.63. The Balaban J connectivity index is 2.05. The molecule has 2 aromatic rings. The molecule has 0 radical (unpaired) electrons. The standard InChI is InChI=1S/C15H12F3N3O2/c1-21-8-2-3-12(14(21)23)13(22)20-19-9-10-4-6-11(7-5-10)15(16,17)18/h2-9H,1H3,(H,20,22)/b19-9-. The highest BCUT2D eigenvalue weighted by atomic mass is 19.4. The number of amides is 1.